The van der Waals surface area contributed by atoms with Crippen LogP contribution in [0.2, 0.25) is 0 Å². The molecule has 2 aromatic carbocycles. The lowest BCUT2D eigenvalue weighted by Crippen LogP contribution is -2.29. The van der Waals surface area contributed by atoms with E-state index in [2.05, 4.69) is 17.5 Å². The van der Waals surface area contributed by atoms with Crippen molar-refractivity contribution in [3.63, 3.8) is 0 Å². The summed E-state index contributed by atoms with van der Waals surface area (Å²) in [6, 6.07) is 11.6. The van der Waals surface area contributed by atoms with Gasteiger partial charge in [0.2, 0.25) is 0 Å². The number of allylic oxidation sites excluding steroid dienone is 2. The van der Waals surface area contributed by atoms with Gasteiger partial charge >= 0.3 is 0 Å². The number of fused-ring (bicyclic) bond motifs is 3. The second kappa shape index (κ2) is 5.96. The summed E-state index contributed by atoms with van der Waals surface area (Å²) in [7, 11) is 1.56. The Balaban J connectivity index is 1.77. The SMILES string of the molecule is COc1cc(C2Nc3ccc(C(C)=O)cc3C3C=CCC32)ccc1O. The molecule has 2 N–H and O–H groups in total. The molecule has 0 bridgehead atoms. The van der Waals surface area contributed by atoms with Crippen LogP contribution < -0.4 is 10.1 Å². The minimum atomic E-state index is 0.0896. The number of aromatic hydroxyl groups is 1. The molecule has 4 rings (SSSR count). The highest BCUT2D eigenvalue weighted by molar-refractivity contribution is 5.95. The van der Waals surface area contributed by atoms with Crippen LogP contribution >= 0.6 is 0 Å². The normalized spacial score (nSPS) is 23.5. The van der Waals surface area contributed by atoms with E-state index in [1.54, 1.807) is 20.1 Å². The summed E-state index contributed by atoms with van der Waals surface area (Å²) in [6.45, 7) is 1.60. The van der Waals surface area contributed by atoms with Crippen LogP contribution in [0.4, 0.5) is 5.69 Å². The van der Waals surface area contributed by atoms with Gasteiger partial charge in [-0.15, -0.1) is 0 Å². The Morgan fingerprint density at radius 3 is 2.84 bits per heavy atom. The lowest BCUT2D eigenvalue weighted by Gasteiger charge is -2.37. The average Bonchev–Trinajstić information content (AvgIpc) is 3.11. The standard InChI is InChI=1S/C21H21NO3/c1-12(23)13-6-8-18-17(10-13)15-4-3-5-16(15)21(22-18)14-7-9-19(24)20(11-14)25-2/h3-4,6-11,15-16,21-22,24H,5H2,1-2H3. The van der Waals surface area contributed by atoms with E-state index in [1.165, 1.54) is 5.56 Å². The largest absolute Gasteiger partial charge is 0.504 e. The predicted molar refractivity (Wildman–Crippen MR) is 97.5 cm³/mol. The molecule has 0 spiro atoms. The van der Waals surface area contributed by atoms with Gasteiger partial charge in [-0.05, 0) is 60.7 Å². The number of ether oxygens (including phenoxy) is 1. The Morgan fingerprint density at radius 1 is 1.24 bits per heavy atom. The molecule has 0 saturated carbocycles. The first-order valence-corrected chi connectivity index (χ1v) is 8.53. The zero-order valence-corrected chi connectivity index (χ0v) is 14.3. The summed E-state index contributed by atoms with van der Waals surface area (Å²) >= 11 is 0. The fourth-order valence-electron chi connectivity index (χ4n) is 4.03. The lowest BCUT2D eigenvalue weighted by molar-refractivity contribution is 0.101. The van der Waals surface area contributed by atoms with Gasteiger partial charge in [0.15, 0.2) is 17.3 Å². The molecule has 1 aliphatic carbocycles. The van der Waals surface area contributed by atoms with Gasteiger partial charge in [-0.25, -0.2) is 0 Å². The number of carbonyl (C=O) groups excluding carboxylic acids is 1. The third-order valence-corrected chi connectivity index (χ3v) is 5.33. The number of benzene rings is 2. The van der Waals surface area contributed by atoms with Crippen molar-refractivity contribution in [2.75, 3.05) is 12.4 Å². The van der Waals surface area contributed by atoms with Crippen molar-refractivity contribution in [1.29, 1.82) is 0 Å². The second-order valence-electron chi connectivity index (χ2n) is 6.77. The maximum atomic E-state index is 11.7. The summed E-state index contributed by atoms with van der Waals surface area (Å²) in [6.07, 6.45) is 5.45. The molecule has 0 fully saturated rings. The molecule has 2 aromatic rings. The minimum Gasteiger partial charge on any atom is -0.504 e. The van der Waals surface area contributed by atoms with E-state index in [0.717, 1.165) is 23.2 Å². The molecule has 0 aromatic heterocycles. The number of Topliss-reactive ketones (excluding diaryl/α,β-unsaturated/α-hetero) is 1. The highest BCUT2D eigenvalue weighted by Gasteiger charge is 2.38. The highest BCUT2D eigenvalue weighted by Crippen LogP contribution is 2.50. The molecule has 0 saturated heterocycles. The number of carbonyl (C=O) groups is 1. The molecule has 3 atom stereocenters. The zero-order valence-electron chi connectivity index (χ0n) is 14.3. The summed E-state index contributed by atoms with van der Waals surface area (Å²) in [4.78, 5) is 11.7. The average molecular weight is 335 g/mol. The fourth-order valence-corrected chi connectivity index (χ4v) is 4.03. The Kier molecular flexibility index (Phi) is 3.75. The minimum absolute atomic E-state index is 0.0896. The molecule has 0 amide bonds. The van der Waals surface area contributed by atoms with Gasteiger partial charge in [0, 0.05) is 17.2 Å². The third kappa shape index (κ3) is 2.58. The molecule has 2 aliphatic rings. The van der Waals surface area contributed by atoms with Crippen molar-refractivity contribution in [2.45, 2.75) is 25.3 Å². The molecule has 3 unspecified atom stereocenters. The quantitative estimate of drug-likeness (QED) is 0.643. The van der Waals surface area contributed by atoms with Crippen molar-refractivity contribution >= 4 is 11.5 Å². The Labute approximate surface area is 147 Å². The maximum absolute atomic E-state index is 11.7. The van der Waals surface area contributed by atoms with Gasteiger partial charge in [0.25, 0.3) is 0 Å². The summed E-state index contributed by atoms with van der Waals surface area (Å²) < 4.78 is 5.27. The molecule has 128 valence electrons. The van der Waals surface area contributed by atoms with Crippen LogP contribution in [0, 0.1) is 5.92 Å². The maximum Gasteiger partial charge on any atom is 0.160 e. The number of ketones is 1. The monoisotopic (exact) mass is 335 g/mol. The van der Waals surface area contributed by atoms with Gasteiger partial charge in [-0.3, -0.25) is 4.79 Å². The van der Waals surface area contributed by atoms with Gasteiger partial charge in [0.1, 0.15) is 0 Å². The van der Waals surface area contributed by atoms with Gasteiger partial charge < -0.3 is 15.2 Å². The number of methoxy groups -OCH3 is 1. The van der Waals surface area contributed by atoms with Crippen molar-refractivity contribution in [2.24, 2.45) is 5.92 Å². The predicted octanol–water partition coefficient (Wildman–Crippen LogP) is 4.43. The van der Waals surface area contributed by atoms with Crippen molar-refractivity contribution in [1.82, 2.24) is 0 Å². The van der Waals surface area contributed by atoms with E-state index in [4.69, 9.17) is 4.74 Å². The van der Waals surface area contributed by atoms with Crippen molar-refractivity contribution < 1.29 is 14.6 Å². The third-order valence-electron chi connectivity index (χ3n) is 5.33. The number of phenolic OH excluding ortho intramolecular Hbond substituents is 1. The van der Waals surface area contributed by atoms with E-state index in [0.29, 0.717) is 17.6 Å². The molecule has 4 heteroatoms. The Bertz CT molecular complexity index is 871. The van der Waals surface area contributed by atoms with E-state index in [9.17, 15) is 9.90 Å². The van der Waals surface area contributed by atoms with Crippen molar-refractivity contribution in [3.05, 3.63) is 65.2 Å². The van der Waals surface area contributed by atoms with Crippen LogP contribution in [0.25, 0.3) is 0 Å². The van der Waals surface area contributed by atoms with E-state index < -0.39 is 0 Å². The Morgan fingerprint density at radius 2 is 2.08 bits per heavy atom. The van der Waals surface area contributed by atoms with Crippen LogP contribution in [-0.2, 0) is 0 Å². The van der Waals surface area contributed by atoms with Crippen LogP contribution in [0.15, 0.2) is 48.6 Å². The fraction of sp³-hybridized carbons (Fsp3) is 0.286. The Hall–Kier alpha value is -2.75. The highest BCUT2D eigenvalue weighted by atomic mass is 16.5. The smallest absolute Gasteiger partial charge is 0.160 e. The van der Waals surface area contributed by atoms with Crippen LogP contribution in [-0.4, -0.2) is 18.0 Å². The molecule has 0 radical (unpaired) electrons. The molecule has 1 heterocycles. The van der Waals surface area contributed by atoms with Gasteiger partial charge in [-0.2, -0.15) is 0 Å². The van der Waals surface area contributed by atoms with Crippen LogP contribution in [0.1, 0.15) is 46.8 Å². The number of hydrogen-bond donors (Lipinski definition) is 2. The van der Waals surface area contributed by atoms with E-state index >= 15 is 0 Å². The van der Waals surface area contributed by atoms with Gasteiger partial charge in [-0.1, -0.05) is 18.2 Å². The van der Waals surface area contributed by atoms with Crippen molar-refractivity contribution in [3.8, 4) is 11.5 Å². The molecular formula is C21H21NO3. The number of phenols is 1. The van der Waals surface area contributed by atoms with Gasteiger partial charge in [0.05, 0.1) is 13.2 Å². The first kappa shape index (κ1) is 15.8. The molecular weight excluding hydrogens is 314 g/mol. The molecule has 4 nitrogen and oxygen atoms in total. The molecule has 25 heavy (non-hydrogen) atoms. The van der Waals surface area contributed by atoms with E-state index in [1.807, 2.05) is 30.3 Å². The summed E-state index contributed by atoms with van der Waals surface area (Å²) in [5.41, 5.74) is 4.10. The van der Waals surface area contributed by atoms with Crippen LogP contribution in [0.5, 0.6) is 11.5 Å². The first-order valence-electron chi connectivity index (χ1n) is 8.53. The number of nitrogens with one attached hydrogen (secondary N) is 1. The topological polar surface area (TPSA) is 58.6 Å². The lowest BCUT2D eigenvalue weighted by atomic mass is 9.76. The zero-order chi connectivity index (χ0) is 17.6. The van der Waals surface area contributed by atoms with Crippen LogP contribution in [0.3, 0.4) is 0 Å². The second-order valence-corrected chi connectivity index (χ2v) is 6.77. The number of rotatable bonds is 3. The van der Waals surface area contributed by atoms with E-state index in [-0.39, 0.29) is 17.6 Å². The first-order chi connectivity index (χ1) is 12.1. The number of hydrogen-bond acceptors (Lipinski definition) is 4. The summed E-state index contributed by atoms with van der Waals surface area (Å²) in [5, 5.41) is 13.5. The molecule has 1 aliphatic heterocycles. The number of anilines is 1. The summed E-state index contributed by atoms with van der Waals surface area (Å²) in [5.74, 6) is 1.39.